The molecule has 0 bridgehead atoms. The number of nitrogens with one attached hydrogen (secondary N) is 3. The van der Waals surface area contributed by atoms with Crippen molar-refractivity contribution in [2.75, 3.05) is 36.5 Å². The van der Waals surface area contributed by atoms with Gasteiger partial charge in [0.1, 0.15) is 17.2 Å². The monoisotopic (exact) mass is 481 g/mol. The molecule has 0 spiro atoms. The summed E-state index contributed by atoms with van der Waals surface area (Å²) in [6, 6.07) is 15.5. The Balaban J connectivity index is 1.47. The van der Waals surface area contributed by atoms with Gasteiger partial charge in [-0.15, -0.1) is 0 Å². The zero-order valence-electron chi connectivity index (χ0n) is 20.2. The molecule has 1 atom stereocenters. The molecule has 36 heavy (non-hydrogen) atoms. The highest BCUT2D eigenvalue weighted by Crippen LogP contribution is 2.33. The number of ether oxygens (including phenoxy) is 1. The van der Waals surface area contributed by atoms with Crippen LogP contribution in [0.15, 0.2) is 59.5 Å². The average molecular weight is 482 g/mol. The number of rotatable bonds is 5. The van der Waals surface area contributed by atoms with Crippen LogP contribution in [0, 0.1) is 6.92 Å². The first-order valence-corrected chi connectivity index (χ1v) is 12.1. The van der Waals surface area contributed by atoms with E-state index < -0.39 is 0 Å². The van der Waals surface area contributed by atoms with Gasteiger partial charge in [-0.2, -0.15) is 0 Å². The number of aromatic nitrogens is 5. The molecule has 182 valence electrons. The Morgan fingerprint density at radius 2 is 1.86 bits per heavy atom. The van der Waals surface area contributed by atoms with E-state index in [1.807, 2.05) is 50.2 Å². The third-order valence-electron chi connectivity index (χ3n) is 6.56. The van der Waals surface area contributed by atoms with E-state index in [0.717, 1.165) is 59.6 Å². The van der Waals surface area contributed by atoms with Gasteiger partial charge in [0.2, 0.25) is 0 Å². The molecule has 1 fully saturated rings. The lowest BCUT2D eigenvalue weighted by atomic mass is 10.1. The molecular weight excluding hydrogens is 454 g/mol. The third-order valence-corrected chi connectivity index (χ3v) is 6.56. The summed E-state index contributed by atoms with van der Waals surface area (Å²) < 4.78 is 5.49. The lowest BCUT2D eigenvalue weighted by Gasteiger charge is -2.28. The number of nitrogens with zero attached hydrogens (tertiary/aromatic N) is 4. The van der Waals surface area contributed by atoms with Gasteiger partial charge in [-0.25, -0.2) is 15.0 Å². The molecule has 4 heterocycles. The summed E-state index contributed by atoms with van der Waals surface area (Å²) in [4.78, 5) is 35.9. The zero-order valence-corrected chi connectivity index (χ0v) is 20.2. The summed E-state index contributed by atoms with van der Waals surface area (Å²) in [6.07, 6.45) is 1.75. The number of H-pyrrole nitrogens is 2. The highest BCUT2D eigenvalue weighted by molar-refractivity contribution is 5.99. The molecule has 0 amide bonds. The van der Waals surface area contributed by atoms with Crippen LogP contribution in [0.2, 0.25) is 0 Å². The van der Waals surface area contributed by atoms with Crippen LogP contribution in [0.4, 0.5) is 11.4 Å². The number of pyridine rings is 1. The van der Waals surface area contributed by atoms with Crippen molar-refractivity contribution in [3.63, 3.8) is 0 Å². The fourth-order valence-corrected chi connectivity index (χ4v) is 4.71. The van der Waals surface area contributed by atoms with Crippen molar-refractivity contribution >= 4 is 33.3 Å². The van der Waals surface area contributed by atoms with Crippen molar-refractivity contribution in [1.82, 2.24) is 24.9 Å². The van der Waals surface area contributed by atoms with E-state index in [1.165, 1.54) is 0 Å². The first-order chi connectivity index (χ1) is 17.6. The van der Waals surface area contributed by atoms with Crippen LogP contribution in [0.25, 0.3) is 33.3 Å². The molecule has 1 saturated heterocycles. The maximum atomic E-state index is 13.4. The van der Waals surface area contributed by atoms with Crippen molar-refractivity contribution in [2.24, 2.45) is 0 Å². The standard InChI is InChI=1S/C27H27N7O2/c1-16-9-10-28-25(29-16)17(2)30-24-19-5-3-4-6-20(19)33-27(35)23(24)26-31-21-8-7-18(15-22(21)32-26)34-11-13-36-14-12-34/h3-10,15,17H,11-14H2,1-2H3,(H,31,32)(H2,30,33,35). The molecule has 0 aliphatic carbocycles. The largest absolute Gasteiger partial charge is 0.378 e. The van der Waals surface area contributed by atoms with Gasteiger partial charge in [-0.05, 0) is 44.2 Å². The molecule has 9 heteroatoms. The topological polar surface area (TPSA) is 112 Å². The lowest BCUT2D eigenvalue weighted by Crippen LogP contribution is -2.36. The van der Waals surface area contributed by atoms with Crippen LogP contribution >= 0.6 is 0 Å². The third kappa shape index (κ3) is 4.07. The average Bonchev–Trinajstić information content (AvgIpc) is 3.32. The first kappa shape index (κ1) is 22.2. The van der Waals surface area contributed by atoms with Crippen LogP contribution in [0.1, 0.15) is 24.5 Å². The fourth-order valence-electron chi connectivity index (χ4n) is 4.71. The summed E-state index contributed by atoms with van der Waals surface area (Å²) in [5.41, 5.74) is 5.35. The smallest absolute Gasteiger partial charge is 0.261 e. The van der Waals surface area contributed by atoms with E-state index in [9.17, 15) is 4.79 Å². The molecule has 1 aliphatic rings. The number of para-hydroxylation sites is 1. The van der Waals surface area contributed by atoms with E-state index in [2.05, 4.69) is 42.3 Å². The molecule has 2 aromatic carbocycles. The number of anilines is 2. The van der Waals surface area contributed by atoms with Crippen LogP contribution in [-0.4, -0.2) is 51.2 Å². The van der Waals surface area contributed by atoms with Crippen molar-refractivity contribution in [2.45, 2.75) is 19.9 Å². The summed E-state index contributed by atoms with van der Waals surface area (Å²) >= 11 is 0. The van der Waals surface area contributed by atoms with Crippen LogP contribution in [0.5, 0.6) is 0 Å². The number of morpholine rings is 1. The summed E-state index contributed by atoms with van der Waals surface area (Å²) in [6.45, 7) is 7.06. The van der Waals surface area contributed by atoms with Gasteiger partial charge < -0.3 is 24.9 Å². The molecule has 1 aliphatic heterocycles. The fraction of sp³-hybridized carbons (Fsp3) is 0.259. The van der Waals surface area contributed by atoms with Gasteiger partial charge >= 0.3 is 0 Å². The second-order valence-electron chi connectivity index (χ2n) is 9.06. The number of imidazole rings is 1. The summed E-state index contributed by atoms with van der Waals surface area (Å²) in [5, 5.41) is 4.41. The minimum Gasteiger partial charge on any atom is -0.378 e. The van der Waals surface area contributed by atoms with E-state index in [0.29, 0.717) is 22.9 Å². The Labute approximate surface area is 207 Å². The number of fused-ring (bicyclic) bond motifs is 2. The van der Waals surface area contributed by atoms with E-state index >= 15 is 0 Å². The number of benzene rings is 2. The van der Waals surface area contributed by atoms with Crippen molar-refractivity contribution in [3.8, 4) is 11.4 Å². The normalized spacial score (nSPS) is 14.9. The maximum Gasteiger partial charge on any atom is 0.261 e. The number of hydrogen-bond acceptors (Lipinski definition) is 7. The van der Waals surface area contributed by atoms with Gasteiger partial charge in [-0.3, -0.25) is 4.79 Å². The van der Waals surface area contributed by atoms with Crippen molar-refractivity contribution in [3.05, 3.63) is 76.6 Å². The Morgan fingerprint density at radius 3 is 2.69 bits per heavy atom. The number of aryl methyl sites for hydroxylation is 1. The highest BCUT2D eigenvalue weighted by Gasteiger charge is 2.21. The highest BCUT2D eigenvalue weighted by atomic mass is 16.5. The van der Waals surface area contributed by atoms with Crippen LogP contribution in [-0.2, 0) is 4.74 Å². The van der Waals surface area contributed by atoms with Crippen LogP contribution in [0.3, 0.4) is 0 Å². The van der Waals surface area contributed by atoms with Crippen LogP contribution < -0.4 is 15.8 Å². The SMILES string of the molecule is Cc1ccnc(C(C)Nc2c(-c3nc4ccc(N5CCOCC5)cc4[nH]3)c(=O)[nH]c3ccccc23)n1. The quantitative estimate of drug-likeness (QED) is 0.345. The lowest BCUT2D eigenvalue weighted by molar-refractivity contribution is 0.122. The second-order valence-corrected chi connectivity index (χ2v) is 9.06. The molecular formula is C27H27N7O2. The molecule has 3 N–H and O–H groups in total. The summed E-state index contributed by atoms with van der Waals surface area (Å²) in [7, 11) is 0. The Morgan fingerprint density at radius 1 is 1.03 bits per heavy atom. The van der Waals surface area contributed by atoms with E-state index in [1.54, 1.807) is 6.20 Å². The predicted molar refractivity (Wildman–Crippen MR) is 141 cm³/mol. The van der Waals surface area contributed by atoms with Gasteiger partial charge in [0.25, 0.3) is 5.56 Å². The molecule has 0 saturated carbocycles. The van der Waals surface area contributed by atoms with Gasteiger partial charge in [0, 0.05) is 36.1 Å². The molecule has 0 radical (unpaired) electrons. The minimum atomic E-state index is -0.230. The maximum absolute atomic E-state index is 13.4. The van der Waals surface area contributed by atoms with E-state index in [4.69, 9.17) is 9.72 Å². The summed E-state index contributed by atoms with van der Waals surface area (Å²) in [5.74, 6) is 1.17. The molecule has 6 rings (SSSR count). The Bertz CT molecular complexity index is 1620. The first-order valence-electron chi connectivity index (χ1n) is 12.1. The van der Waals surface area contributed by atoms with Gasteiger partial charge in [0.15, 0.2) is 0 Å². The zero-order chi connectivity index (χ0) is 24.6. The Kier molecular flexibility index (Phi) is 5.61. The van der Waals surface area contributed by atoms with Crippen molar-refractivity contribution < 1.29 is 4.74 Å². The second kappa shape index (κ2) is 9.09. The molecule has 1 unspecified atom stereocenters. The molecule has 3 aromatic heterocycles. The van der Waals surface area contributed by atoms with Crippen molar-refractivity contribution in [1.29, 1.82) is 0 Å². The number of hydrogen-bond donors (Lipinski definition) is 3. The molecule has 5 aromatic rings. The molecule has 9 nitrogen and oxygen atoms in total. The predicted octanol–water partition coefficient (Wildman–Crippen LogP) is 4.18. The number of aromatic amines is 2. The van der Waals surface area contributed by atoms with Gasteiger partial charge in [-0.1, -0.05) is 18.2 Å². The minimum absolute atomic E-state index is 0.221. The van der Waals surface area contributed by atoms with E-state index in [-0.39, 0.29) is 11.6 Å². The van der Waals surface area contributed by atoms with Gasteiger partial charge in [0.05, 0.1) is 41.5 Å². The Hall–Kier alpha value is -4.24.